The van der Waals surface area contributed by atoms with Crippen molar-refractivity contribution in [3.63, 3.8) is 0 Å². The predicted molar refractivity (Wildman–Crippen MR) is 87.9 cm³/mol. The van der Waals surface area contributed by atoms with Crippen molar-refractivity contribution >= 4 is 11.7 Å². The van der Waals surface area contributed by atoms with E-state index in [1.807, 2.05) is 4.90 Å². The quantitative estimate of drug-likeness (QED) is 0.846. The van der Waals surface area contributed by atoms with Crippen LogP contribution in [0.2, 0.25) is 0 Å². The number of hydrogen-bond donors (Lipinski definition) is 1. The average Bonchev–Trinajstić information content (AvgIpc) is 2.55. The number of aryl methyl sites for hydroxylation is 1. The summed E-state index contributed by atoms with van der Waals surface area (Å²) in [6.45, 7) is 8.54. The number of anilines is 1. The molecule has 2 amide bonds. The van der Waals surface area contributed by atoms with E-state index in [2.05, 4.69) is 48.3 Å². The number of nitrogens with zero attached hydrogens (tertiary/aromatic N) is 2. The van der Waals surface area contributed by atoms with Crippen LogP contribution in [0.5, 0.6) is 0 Å². The maximum absolute atomic E-state index is 12.0. The van der Waals surface area contributed by atoms with Gasteiger partial charge in [0.25, 0.3) is 0 Å². The molecular formula is C17H27N3O. The third-order valence-electron chi connectivity index (χ3n) is 4.09. The van der Waals surface area contributed by atoms with Crippen LogP contribution in [0, 0.1) is 0 Å². The molecule has 1 aliphatic rings. The summed E-state index contributed by atoms with van der Waals surface area (Å²) in [5.41, 5.74) is 2.71. The van der Waals surface area contributed by atoms with Crippen molar-refractivity contribution in [1.82, 2.24) is 10.2 Å². The Morgan fingerprint density at radius 1 is 1.14 bits per heavy atom. The number of benzene rings is 1. The number of piperazine rings is 1. The van der Waals surface area contributed by atoms with Gasteiger partial charge in [0.2, 0.25) is 0 Å². The summed E-state index contributed by atoms with van der Waals surface area (Å²) in [5, 5.41) is 3.00. The van der Waals surface area contributed by atoms with Crippen molar-refractivity contribution in [2.45, 2.75) is 33.1 Å². The lowest BCUT2D eigenvalue weighted by Crippen LogP contribution is -2.52. The largest absolute Gasteiger partial charge is 0.368 e. The Labute approximate surface area is 128 Å². The van der Waals surface area contributed by atoms with Gasteiger partial charge in [-0.1, -0.05) is 38.5 Å². The highest BCUT2D eigenvalue weighted by Crippen LogP contribution is 2.22. The Kier molecular flexibility index (Phi) is 5.90. The first-order valence-corrected chi connectivity index (χ1v) is 8.11. The Hall–Kier alpha value is -1.71. The highest BCUT2D eigenvalue weighted by Gasteiger charge is 2.21. The average molecular weight is 289 g/mol. The zero-order chi connectivity index (χ0) is 15.1. The second kappa shape index (κ2) is 7.91. The fraction of sp³-hybridized carbons (Fsp3) is 0.588. The molecule has 2 rings (SSSR count). The van der Waals surface area contributed by atoms with Crippen LogP contribution in [0.4, 0.5) is 10.5 Å². The second-order valence-electron chi connectivity index (χ2n) is 5.54. The van der Waals surface area contributed by atoms with Crippen LogP contribution in [0.3, 0.4) is 0 Å². The second-order valence-corrected chi connectivity index (χ2v) is 5.54. The molecule has 1 fully saturated rings. The Balaban J connectivity index is 1.87. The van der Waals surface area contributed by atoms with Gasteiger partial charge in [0.1, 0.15) is 0 Å². The number of rotatable bonds is 5. The van der Waals surface area contributed by atoms with Gasteiger partial charge in [-0.25, -0.2) is 4.79 Å². The topological polar surface area (TPSA) is 35.6 Å². The molecule has 1 saturated heterocycles. The molecule has 1 aromatic carbocycles. The molecule has 0 saturated carbocycles. The summed E-state index contributed by atoms with van der Waals surface area (Å²) >= 11 is 0. The fourth-order valence-corrected chi connectivity index (χ4v) is 2.75. The molecular weight excluding hydrogens is 262 g/mol. The van der Waals surface area contributed by atoms with Crippen LogP contribution in [0.15, 0.2) is 24.3 Å². The standard InChI is InChI=1S/C17H27N3O/c1-3-5-10-18-17(21)20-13-11-19(12-14-20)16-9-7-6-8-15(16)4-2/h6-9H,3-5,10-14H2,1-2H3,(H,18,21). The number of para-hydroxylation sites is 1. The van der Waals surface area contributed by atoms with Crippen LogP contribution in [-0.2, 0) is 6.42 Å². The monoisotopic (exact) mass is 289 g/mol. The Morgan fingerprint density at radius 3 is 2.52 bits per heavy atom. The van der Waals surface area contributed by atoms with Gasteiger partial charge in [-0.15, -0.1) is 0 Å². The van der Waals surface area contributed by atoms with Gasteiger partial charge in [0, 0.05) is 38.4 Å². The van der Waals surface area contributed by atoms with Crippen molar-refractivity contribution in [3.05, 3.63) is 29.8 Å². The first kappa shape index (κ1) is 15.7. The van der Waals surface area contributed by atoms with Crippen LogP contribution < -0.4 is 10.2 Å². The van der Waals surface area contributed by atoms with E-state index in [0.717, 1.165) is 52.0 Å². The lowest BCUT2D eigenvalue weighted by atomic mass is 10.1. The molecule has 0 aliphatic carbocycles. The van der Waals surface area contributed by atoms with E-state index >= 15 is 0 Å². The number of unbranched alkanes of at least 4 members (excludes halogenated alkanes) is 1. The molecule has 1 heterocycles. The molecule has 4 heteroatoms. The number of amides is 2. The highest BCUT2D eigenvalue weighted by molar-refractivity contribution is 5.74. The SMILES string of the molecule is CCCCNC(=O)N1CCN(c2ccccc2CC)CC1. The summed E-state index contributed by atoms with van der Waals surface area (Å²) < 4.78 is 0. The normalized spacial score (nSPS) is 15.1. The first-order valence-electron chi connectivity index (χ1n) is 8.11. The molecule has 1 aliphatic heterocycles. The van der Waals surface area contributed by atoms with Gasteiger partial charge in [0.05, 0.1) is 0 Å². The summed E-state index contributed by atoms with van der Waals surface area (Å²) in [4.78, 5) is 16.4. The van der Waals surface area contributed by atoms with Crippen LogP contribution in [0.25, 0.3) is 0 Å². The Morgan fingerprint density at radius 2 is 1.86 bits per heavy atom. The fourth-order valence-electron chi connectivity index (χ4n) is 2.75. The molecule has 0 spiro atoms. The van der Waals surface area contributed by atoms with E-state index < -0.39 is 0 Å². The van der Waals surface area contributed by atoms with Crippen LogP contribution in [-0.4, -0.2) is 43.7 Å². The van der Waals surface area contributed by atoms with Crippen molar-refractivity contribution in [3.8, 4) is 0 Å². The van der Waals surface area contributed by atoms with Crippen LogP contribution >= 0.6 is 0 Å². The van der Waals surface area contributed by atoms with E-state index in [0.29, 0.717) is 0 Å². The minimum atomic E-state index is 0.0897. The molecule has 0 atom stereocenters. The molecule has 1 aromatic rings. The first-order chi connectivity index (χ1) is 10.3. The number of carbonyl (C=O) groups is 1. The molecule has 116 valence electrons. The van der Waals surface area contributed by atoms with Gasteiger partial charge in [-0.05, 0) is 24.5 Å². The molecule has 0 unspecified atom stereocenters. The minimum absolute atomic E-state index is 0.0897. The summed E-state index contributed by atoms with van der Waals surface area (Å²) in [5.74, 6) is 0. The maximum atomic E-state index is 12.0. The zero-order valence-electron chi connectivity index (χ0n) is 13.3. The third kappa shape index (κ3) is 4.13. The van der Waals surface area contributed by atoms with Gasteiger partial charge < -0.3 is 15.1 Å². The van der Waals surface area contributed by atoms with E-state index in [1.54, 1.807) is 0 Å². The van der Waals surface area contributed by atoms with Gasteiger partial charge in [0.15, 0.2) is 0 Å². The molecule has 1 N–H and O–H groups in total. The molecule has 0 aromatic heterocycles. The zero-order valence-corrected chi connectivity index (χ0v) is 13.3. The summed E-state index contributed by atoms with van der Waals surface area (Å²) in [6, 6.07) is 8.67. The lowest BCUT2D eigenvalue weighted by Gasteiger charge is -2.37. The van der Waals surface area contributed by atoms with Crippen molar-refractivity contribution < 1.29 is 4.79 Å². The van der Waals surface area contributed by atoms with Gasteiger partial charge in [-0.2, -0.15) is 0 Å². The molecule has 4 nitrogen and oxygen atoms in total. The van der Waals surface area contributed by atoms with Crippen molar-refractivity contribution in [1.29, 1.82) is 0 Å². The van der Waals surface area contributed by atoms with Gasteiger partial charge in [-0.3, -0.25) is 0 Å². The number of urea groups is 1. The molecule has 0 bridgehead atoms. The smallest absolute Gasteiger partial charge is 0.317 e. The van der Waals surface area contributed by atoms with Crippen molar-refractivity contribution in [2.24, 2.45) is 0 Å². The predicted octanol–water partition coefficient (Wildman–Crippen LogP) is 2.88. The third-order valence-corrected chi connectivity index (χ3v) is 4.09. The highest BCUT2D eigenvalue weighted by atomic mass is 16.2. The van der Waals surface area contributed by atoms with E-state index in [4.69, 9.17) is 0 Å². The van der Waals surface area contributed by atoms with E-state index in [-0.39, 0.29) is 6.03 Å². The minimum Gasteiger partial charge on any atom is -0.368 e. The number of hydrogen-bond acceptors (Lipinski definition) is 2. The van der Waals surface area contributed by atoms with E-state index in [1.165, 1.54) is 11.3 Å². The summed E-state index contributed by atoms with van der Waals surface area (Å²) in [6.07, 6.45) is 3.21. The van der Waals surface area contributed by atoms with E-state index in [9.17, 15) is 4.79 Å². The summed E-state index contributed by atoms with van der Waals surface area (Å²) in [7, 11) is 0. The van der Waals surface area contributed by atoms with Crippen LogP contribution in [0.1, 0.15) is 32.3 Å². The molecule has 21 heavy (non-hydrogen) atoms. The molecule has 0 radical (unpaired) electrons. The lowest BCUT2D eigenvalue weighted by molar-refractivity contribution is 0.194. The number of nitrogens with one attached hydrogen (secondary N) is 1. The van der Waals surface area contributed by atoms with Gasteiger partial charge >= 0.3 is 6.03 Å². The Bertz CT molecular complexity index is 453. The number of carbonyl (C=O) groups excluding carboxylic acids is 1. The maximum Gasteiger partial charge on any atom is 0.317 e. The van der Waals surface area contributed by atoms with Crippen molar-refractivity contribution in [2.75, 3.05) is 37.6 Å².